The van der Waals surface area contributed by atoms with Gasteiger partial charge in [-0.1, -0.05) is 0 Å². The first-order valence-electron chi connectivity index (χ1n) is 3.01. The van der Waals surface area contributed by atoms with E-state index >= 15 is 0 Å². The van der Waals surface area contributed by atoms with Crippen molar-refractivity contribution >= 4 is 5.69 Å². The number of nitrogen functional groups attached to an aromatic ring is 1. The van der Waals surface area contributed by atoms with Crippen molar-refractivity contribution in [3.05, 3.63) is 11.9 Å². The maximum absolute atomic E-state index is 5.56. The van der Waals surface area contributed by atoms with E-state index in [9.17, 15) is 0 Å². The van der Waals surface area contributed by atoms with Crippen molar-refractivity contribution in [1.29, 1.82) is 0 Å². The maximum Gasteiger partial charge on any atom is 0.0901 e. The first kappa shape index (κ1) is 7.08. The Morgan fingerprint density at radius 1 is 1.80 bits per heavy atom. The van der Waals surface area contributed by atoms with Gasteiger partial charge in [0.25, 0.3) is 0 Å². The lowest BCUT2D eigenvalue weighted by atomic mass is 10.4. The third-order valence-corrected chi connectivity index (χ3v) is 1.37. The monoisotopic (exact) mass is 141 g/mol. The minimum atomic E-state index is 0.516. The van der Waals surface area contributed by atoms with Crippen LogP contribution in [0.4, 0.5) is 5.69 Å². The summed E-state index contributed by atoms with van der Waals surface area (Å²) in [5.74, 6) is 0. The summed E-state index contributed by atoms with van der Waals surface area (Å²) in [5, 5.41) is 3.95. The van der Waals surface area contributed by atoms with Crippen molar-refractivity contribution in [2.24, 2.45) is 7.05 Å². The van der Waals surface area contributed by atoms with E-state index in [1.807, 2.05) is 7.05 Å². The first-order chi connectivity index (χ1) is 4.75. The van der Waals surface area contributed by atoms with E-state index in [0.717, 1.165) is 5.69 Å². The Kier molecular flexibility index (Phi) is 1.91. The van der Waals surface area contributed by atoms with Crippen molar-refractivity contribution in [3.63, 3.8) is 0 Å². The van der Waals surface area contributed by atoms with Crippen LogP contribution in [0.1, 0.15) is 5.69 Å². The number of nitrogens with two attached hydrogens (primary N) is 1. The molecule has 0 aliphatic rings. The van der Waals surface area contributed by atoms with Crippen LogP contribution in [-0.2, 0) is 18.4 Å². The highest BCUT2D eigenvalue weighted by molar-refractivity contribution is 5.40. The molecule has 0 aromatic carbocycles. The Labute approximate surface area is 59.6 Å². The fourth-order valence-corrected chi connectivity index (χ4v) is 0.793. The predicted molar refractivity (Wildman–Crippen MR) is 38.3 cm³/mol. The summed E-state index contributed by atoms with van der Waals surface area (Å²) in [6, 6.07) is 0. The molecule has 0 spiro atoms. The van der Waals surface area contributed by atoms with Crippen molar-refractivity contribution in [3.8, 4) is 0 Å². The second kappa shape index (κ2) is 2.70. The molecule has 0 saturated carbocycles. The number of hydrogen-bond donors (Lipinski definition) is 1. The molecule has 0 fully saturated rings. The highest BCUT2D eigenvalue weighted by Gasteiger charge is 2.02. The summed E-state index contributed by atoms with van der Waals surface area (Å²) < 4.78 is 6.61. The van der Waals surface area contributed by atoms with Crippen molar-refractivity contribution in [2.75, 3.05) is 12.8 Å². The lowest BCUT2D eigenvalue weighted by molar-refractivity contribution is 0.178. The van der Waals surface area contributed by atoms with Gasteiger partial charge in [-0.3, -0.25) is 4.68 Å². The minimum absolute atomic E-state index is 0.516. The van der Waals surface area contributed by atoms with Gasteiger partial charge in [0.15, 0.2) is 0 Å². The maximum atomic E-state index is 5.56. The summed E-state index contributed by atoms with van der Waals surface area (Å²) in [5.41, 5.74) is 7.17. The zero-order valence-corrected chi connectivity index (χ0v) is 6.16. The van der Waals surface area contributed by atoms with Gasteiger partial charge in [0.2, 0.25) is 0 Å². The average Bonchev–Trinajstić information content (AvgIpc) is 2.20. The SMILES string of the molecule is COCc1c(N)cnn1C. The van der Waals surface area contributed by atoms with Crippen LogP contribution in [0.3, 0.4) is 0 Å². The van der Waals surface area contributed by atoms with Crippen LogP contribution in [0.15, 0.2) is 6.20 Å². The molecule has 0 atom stereocenters. The van der Waals surface area contributed by atoms with E-state index < -0.39 is 0 Å². The van der Waals surface area contributed by atoms with Gasteiger partial charge in [0.1, 0.15) is 0 Å². The van der Waals surface area contributed by atoms with Crippen LogP contribution >= 0.6 is 0 Å². The number of nitrogens with zero attached hydrogens (tertiary/aromatic N) is 2. The molecule has 1 aromatic rings. The molecule has 0 aliphatic carbocycles. The lowest BCUT2D eigenvalue weighted by Gasteiger charge is -1.99. The van der Waals surface area contributed by atoms with E-state index in [4.69, 9.17) is 10.5 Å². The van der Waals surface area contributed by atoms with Crippen LogP contribution in [0.2, 0.25) is 0 Å². The van der Waals surface area contributed by atoms with E-state index in [1.54, 1.807) is 18.0 Å². The molecule has 0 unspecified atom stereocenters. The summed E-state index contributed by atoms with van der Waals surface area (Å²) in [4.78, 5) is 0. The van der Waals surface area contributed by atoms with Crippen molar-refractivity contribution in [1.82, 2.24) is 9.78 Å². The van der Waals surface area contributed by atoms with E-state index in [0.29, 0.717) is 12.3 Å². The number of anilines is 1. The largest absolute Gasteiger partial charge is 0.396 e. The van der Waals surface area contributed by atoms with Crippen molar-refractivity contribution < 1.29 is 4.74 Å². The minimum Gasteiger partial charge on any atom is -0.396 e. The van der Waals surface area contributed by atoms with Crippen LogP contribution in [0.5, 0.6) is 0 Å². The topological polar surface area (TPSA) is 53.1 Å². The number of aromatic nitrogens is 2. The summed E-state index contributed by atoms with van der Waals surface area (Å²) >= 11 is 0. The third-order valence-electron chi connectivity index (χ3n) is 1.37. The number of hydrogen-bond acceptors (Lipinski definition) is 3. The molecule has 0 radical (unpaired) electrons. The van der Waals surface area contributed by atoms with Gasteiger partial charge in [-0.2, -0.15) is 5.10 Å². The predicted octanol–water partition coefficient (Wildman–Crippen LogP) is 0.149. The van der Waals surface area contributed by atoms with Crippen molar-refractivity contribution in [2.45, 2.75) is 6.61 Å². The van der Waals surface area contributed by atoms with Gasteiger partial charge in [0.05, 0.1) is 24.2 Å². The van der Waals surface area contributed by atoms with Crippen LogP contribution in [0, 0.1) is 0 Å². The van der Waals surface area contributed by atoms with Crippen LogP contribution in [-0.4, -0.2) is 16.9 Å². The molecular weight excluding hydrogens is 130 g/mol. The van der Waals surface area contributed by atoms with Gasteiger partial charge in [0, 0.05) is 14.2 Å². The molecule has 0 saturated heterocycles. The molecule has 0 bridgehead atoms. The molecule has 10 heavy (non-hydrogen) atoms. The number of aryl methyl sites for hydroxylation is 1. The molecule has 0 amide bonds. The molecule has 0 aliphatic heterocycles. The number of rotatable bonds is 2. The van der Waals surface area contributed by atoms with E-state index in [-0.39, 0.29) is 0 Å². The fraction of sp³-hybridized carbons (Fsp3) is 0.500. The van der Waals surface area contributed by atoms with E-state index in [1.165, 1.54) is 0 Å². The molecule has 4 nitrogen and oxygen atoms in total. The van der Waals surface area contributed by atoms with Gasteiger partial charge in [-0.15, -0.1) is 0 Å². The van der Waals surface area contributed by atoms with Gasteiger partial charge in [-0.05, 0) is 0 Å². The highest BCUT2D eigenvalue weighted by atomic mass is 16.5. The van der Waals surface area contributed by atoms with Gasteiger partial charge in [-0.25, -0.2) is 0 Å². The van der Waals surface area contributed by atoms with E-state index in [2.05, 4.69) is 5.10 Å². The molecule has 1 rings (SSSR count). The molecular formula is C6H11N3O. The lowest BCUT2D eigenvalue weighted by Crippen LogP contribution is -2.01. The molecule has 56 valence electrons. The fourth-order valence-electron chi connectivity index (χ4n) is 0.793. The second-order valence-corrected chi connectivity index (χ2v) is 2.10. The Bertz CT molecular complexity index is 199. The van der Waals surface area contributed by atoms with Gasteiger partial charge < -0.3 is 10.5 Å². The smallest absolute Gasteiger partial charge is 0.0901 e. The quantitative estimate of drug-likeness (QED) is 0.637. The molecule has 1 heterocycles. The molecule has 2 N–H and O–H groups in total. The Balaban J connectivity index is 2.87. The molecule has 4 heteroatoms. The molecule has 1 aromatic heterocycles. The van der Waals surface area contributed by atoms with Gasteiger partial charge >= 0.3 is 0 Å². The Morgan fingerprint density at radius 2 is 2.50 bits per heavy atom. The average molecular weight is 141 g/mol. The van der Waals surface area contributed by atoms with Crippen LogP contribution < -0.4 is 5.73 Å². The zero-order valence-electron chi connectivity index (χ0n) is 6.16. The highest BCUT2D eigenvalue weighted by Crippen LogP contribution is 2.09. The normalized spacial score (nSPS) is 10.2. The second-order valence-electron chi connectivity index (χ2n) is 2.10. The Hall–Kier alpha value is -1.03. The van der Waals surface area contributed by atoms with Crippen LogP contribution in [0.25, 0.3) is 0 Å². The summed E-state index contributed by atoms with van der Waals surface area (Å²) in [6.45, 7) is 0.516. The Morgan fingerprint density at radius 3 is 2.90 bits per heavy atom. The standard InChI is InChI=1S/C6H11N3O/c1-9-6(4-10-2)5(7)3-8-9/h3H,4,7H2,1-2H3. The number of methoxy groups -OCH3 is 1. The summed E-state index contributed by atoms with van der Waals surface area (Å²) in [7, 11) is 3.47. The third kappa shape index (κ3) is 1.11. The summed E-state index contributed by atoms with van der Waals surface area (Å²) in [6.07, 6.45) is 1.62. The zero-order chi connectivity index (χ0) is 7.56. The first-order valence-corrected chi connectivity index (χ1v) is 3.01. The number of ether oxygens (including phenoxy) is 1.